The van der Waals surface area contributed by atoms with Gasteiger partial charge < -0.3 is 5.11 Å². The fourth-order valence-electron chi connectivity index (χ4n) is 2.39. The Hall–Kier alpha value is -1.68. The number of nitrogens with zero attached hydrogens (tertiary/aromatic N) is 1. The SMILES string of the molecule is CC(CO)(c1ccccc1)N1C(=O)CCCC1=O. The summed E-state index contributed by atoms with van der Waals surface area (Å²) in [4.78, 5) is 25.2. The molecule has 1 fully saturated rings. The Labute approximate surface area is 106 Å². The summed E-state index contributed by atoms with van der Waals surface area (Å²) in [6.07, 6.45) is 1.34. The maximum atomic E-state index is 12.0. The third kappa shape index (κ3) is 2.04. The molecule has 1 unspecified atom stereocenters. The summed E-state index contributed by atoms with van der Waals surface area (Å²) in [5.74, 6) is -0.404. The molecule has 0 radical (unpaired) electrons. The van der Waals surface area contributed by atoms with E-state index in [0.29, 0.717) is 19.3 Å². The van der Waals surface area contributed by atoms with Gasteiger partial charge in [0.15, 0.2) is 0 Å². The lowest BCUT2D eigenvalue weighted by atomic mass is 9.88. The van der Waals surface area contributed by atoms with E-state index in [4.69, 9.17) is 0 Å². The standard InChI is InChI=1S/C14H17NO3/c1-14(10-16,11-6-3-2-4-7-11)15-12(17)8-5-9-13(15)18/h2-4,6-7,16H,5,8-10H2,1H3. The Morgan fingerprint density at radius 1 is 1.17 bits per heavy atom. The zero-order valence-electron chi connectivity index (χ0n) is 10.4. The van der Waals surface area contributed by atoms with Gasteiger partial charge in [0.1, 0.15) is 0 Å². The predicted molar refractivity (Wildman–Crippen MR) is 66.6 cm³/mol. The molecule has 18 heavy (non-hydrogen) atoms. The zero-order valence-corrected chi connectivity index (χ0v) is 10.4. The summed E-state index contributed by atoms with van der Waals surface area (Å²) in [7, 11) is 0. The maximum absolute atomic E-state index is 12.0. The fourth-order valence-corrected chi connectivity index (χ4v) is 2.39. The van der Waals surface area contributed by atoms with Gasteiger partial charge in [-0.3, -0.25) is 14.5 Å². The quantitative estimate of drug-likeness (QED) is 0.822. The van der Waals surface area contributed by atoms with Gasteiger partial charge in [0.25, 0.3) is 0 Å². The number of aliphatic hydroxyl groups excluding tert-OH is 1. The van der Waals surface area contributed by atoms with Gasteiger partial charge in [0.05, 0.1) is 12.1 Å². The number of amides is 2. The smallest absolute Gasteiger partial charge is 0.230 e. The zero-order chi connectivity index (χ0) is 13.2. The highest BCUT2D eigenvalue weighted by atomic mass is 16.3. The lowest BCUT2D eigenvalue weighted by Gasteiger charge is -2.41. The molecule has 0 aliphatic carbocycles. The first kappa shape index (κ1) is 12.8. The van der Waals surface area contributed by atoms with Crippen molar-refractivity contribution in [3.8, 4) is 0 Å². The third-order valence-corrected chi connectivity index (χ3v) is 3.48. The molecule has 0 bridgehead atoms. The summed E-state index contributed by atoms with van der Waals surface area (Å²) in [5.41, 5.74) is -0.188. The highest BCUT2D eigenvalue weighted by molar-refractivity contribution is 5.98. The third-order valence-electron chi connectivity index (χ3n) is 3.48. The largest absolute Gasteiger partial charge is 0.394 e. The average molecular weight is 247 g/mol. The van der Waals surface area contributed by atoms with Crippen LogP contribution in [0.2, 0.25) is 0 Å². The topological polar surface area (TPSA) is 57.6 Å². The molecule has 1 aliphatic rings. The van der Waals surface area contributed by atoms with Crippen molar-refractivity contribution in [2.24, 2.45) is 0 Å². The van der Waals surface area contributed by atoms with Crippen molar-refractivity contribution in [3.63, 3.8) is 0 Å². The number of carbonyl (C=O) groups excluding carboxylic acids is 2. The van der Waals surface area contributed by atoms with Crippen LogP contribution in [0.4, 0.5) is 0 Å². The van der Waals surface area contributed by atoms with Crippen LogP contribution in [-0.4, -0.2) is 28.4 Å². The Bertz CT molecular complexity index is 441. The number of carbonyl (C=O) groups is 2. The lowest BCUT2D eigenvalue weighted by molar-refractivity contribution is -0.157. The van der Waals surface area contributed by atoms with Crippen molar-refractivity contribution in [2.75, 3.05) is 6.61 Å². The number of rotatable bonds is 3. The molecule has 1 N–H and O–H groups in total. The number of piperidine rings is 1. The molecule has 1 atom stereocenters. The number of imide groups is 1. The molecule has 4 heteroatoms. The van der Waals surface area contributed by atoms with Crippen LogP contribution in [-0.2, 0) is 15.1 Å². The van der Waals surface area contributed by atoms with Crippen LogP contribution in [0.25, 0.3) is 0 Å². The minimum absolute atomic E-state index is 0.202. The van der Waals surface area contributed by atoms with Gasteiger partial charge in [-0.2, -0.15) is 0 Å². The van der Waals surface area contributed by atoms with Crippen molar-refractivity contribution in [2.45, 2.75) is 31.7 Å². The first-order valence-corrected chi connectivity index (χ1v) is 6.12. The number of benzene rings is 1. The molecule has 2 amide bonds. The van der Waals surface area contributed by atoms with Crippen LogP contribution in [0.5, 0.6) is 0 Å². The molecular weight excluding hydrogens is 230 g/mol. The van der Waals surface area contributed by atoms with Crippen molar-refractivity contribution < 1.29 is 14.7 Å². The van der Waals surface area contributed by atoms with Crippen LogP contribution < -0.4 is 0 Å². The van der Waals surface area contributed by atoms with E-state index >= 15 is 0 Å². The molecular formula is C14H17NO3. The summed E-state index contributed by atoms with van der Waals surface area (Å²) in [6, 6.07) is 9.18. The lowest BCUT2D eigenvalue weighted by Crippen LogP contribution is -2.54. The van der Waals surface area contributed by atoms with Crippen molar-refractivity contribution >= 4 is 11.8 Å². The molecule has 1 aliphatic heterocycles. The second-order valence-electron chi connectivity index (χ2n) is 4.77. The summed E-state index contributed by atoms with van der Waals surface area (Å²) in [6.45, 7) is 1.46. The number of hydrogen-bond acceptors (Lipinski definition) is 3. The van der Waals surface area contributed by atoms with E-state index in [1.54, 1.807) is 6.92 Å². The van der Waals surface area contributed by atoms with E-state index in [1.165, 1.54) is 4.90 Å². The second-order valence-corrected chi connectivity index (χ2v) is 4.77. The molecule has 1 heterocycles. The van der Waals surface area contributed by atoms with Crippen LogP contribution in [0, 0.1) is 0 Å². The van der Waals surface area contributed by atoms with E-state index in [2.05, 4.69) is 0 Å². The minimum atomic E-state index is -0.962. The van der Waals surface area contributed by atoms with E-state index in [9.17, 15) is 14.7 Å². The fraction of sp³-hybridized carbons (Fsp3) is 0.429. The van der Waals surface area contributed by atoms with Gasteiger partial charge in [-0.15, -0.1) is 0 Å². The molecule has 0 spiro atoms. The summed E-state index contributed by atoms with van der Waals surface area (Å²) >= 11 is 0. The van der Waals surface area contributed by atoms with Crippen LogP contribution in [0.15, 0.2) is 30.3 Å². The Kier molecular flexibility index (Phi) is 3.48. The second kappa shape index (κ2) is 4.90. The summed E-state index contributed by atoms with van der Waals surface area (Å²) < 4.78 is 0. The Balaban J connectivity index is 2.43. The highest BCUT2D eigenvalue weighted by Crippen LogP contribution is 2.31. The van der Waals surface area contributed by atoms with E-state index in [1.807, 2.05) is 30.3 Å². The highest BCUT2D eigenvalue weighted by Gasteiger charge is 2.41. The predicted octanol–water partition coefficient (Wildman–Crippen LogP) is 1.43. The number of hydrogen-bond donors (Lipinski definition) is 1. The van der Waals surface area contributed by atoms with Gasteiger partial charge in [0, 0.05) is 12.8 Å². The van der Waals surface area contributed by atoms with E-state index in [0.717, 1.165) is 5.56 Å². The monoisotopic (exact) mass is 247 g/mol. The number of likely N-dealkylation sites (tertiary alicyclic amines) is 1. The molecule has 1 saturated heterocycles. The summed E-state index contributed by atoms with van der Waals surface area (Å²) in [5, 5.41) is 9.68. The first-order valence-electron chi connectivity index (χ1n) is 6.12. The Morgan fingerprint density at radius 3 is 2.22 bits per heavy atom. The Morgan fingerprint density at radius 2 is 1.72 bits per heavy atom. The van der Waals surface area contributed by atoms with E-state index < -0.39 is 5.54 Å². The molecule has 96 valence electrons. The number of aliphatic hydroxyl groups is 1. The van der Waals surface area contributed by atoms with Gasteiger partial charge in [-0.05, 0) is 18.9 Å². The van der Waals surface area contributed by atoms with Gasteiger partial charge >= 0.3 is 0 Å². The molecule has 1 aromatic rings. The maximum Gasteiger partial charge on any atom is 0.230 e. The van der Waals surface area contributed by atoms with Crippen LogP contribution >= 0.6 is 0 Å². The van der Waals surface area contributed by atoms with Gasteiger partial charge in [-0.1, -0.05) is 30.3 Å². The van der Waals surface area contributed by atoms with Crippen molar-refractivity contribution in [1.29, 1.82) is 0 Å². The van der Waals surface area contributed by atoms with E-state index in [-0.39, 0.29) is 18.4 Å². The van der Waals surface area contributed by atoms with Crippen LogP contribution in [0.3, 0.4) is 0 Å². The normalized spacial score (nSPS) is 19.8. The molecule has 4 nitrogen and oxygen atoms in total. The molecule has 0 aromatic heterocycles. The molecule has 1 aromatic carbocycles. The molecule has 2 rings (SSSR count). The average Bonchev–Trinajstić information content (AvgIpc) is 2.39. The van der Waals surface area contributed by atoms with Crippen LogP contribution in [0.1, 0.15) is 31.7 Å². The van der Waals surface area contributed by atoms with Crippen molar-refractivity contribution in [3.05, 3.63) is 35.9 Å². The molecule has 0 saturated carbocycles. The van der Waals surface area contributed by atoms with Gasteiger partial charge in [-0.25, -0.2) is 0 Å². The van der Waals surface area contributed by atoms with Crippen molar-refractivity contribution in [1.82, 2.24) is 4.90 Å². The first-order chi connectivity index (χ1) is 8.59. The minimum Gasteiger partial charge on any atom is -0.394 e. The van der Waals surface area contributed by atoms with Gasteiger partial charge in [0.2, 0.25) is 11.8 Å².